The molecule has 1 aromatic carbocycles. The predicted molar refractivity (Wildman–Crippen MR) is 72.1 cm³/mol. The molecule has 0 fully saturated rings. The molecule has 0 radical (unpaired) electrons. The number of aromatic nitrogens is 3. The molecule has 2 rings (SSSR count). The van der Waals surface area contributed by atoms with Crippen LogP contribution in [0.5, 0.6) is 0 Å². The second-order valence-electron chi connectivity index (χ2n) is 4.07. The van der Waals surface area contributed by atoms with Crippen molar-refractivity contribution in [1.82, 2.24) is 14.8 Å². The summed E-state index contributed by atoms with van der Waals surface area (Å²) < 4.78 is 6.41. The molecule has 100 valence electrons. The van der Waals surface area contributed by atoms with E-state index in [0.717, 1.165) is 11.1 Å². The minimum absolute atomic E-state index is 0.0519. The van der Waals surface area contributed by atoms with Crippen molar-refractivity contribution in [2.24, 2.45) is 7.05 Å². The van der Waals surface area contributed by atoms with E-state index < -0.39 is 5.97 Å². The number of carbonyl (C=O) groups excluding carboxylic acids is 1. The maximum atomic E-state index is 11.6. The average Bonchev–Trinajstić information content (AvgIpc) is 2.75. The summed E-state index contributed by atoms with van der Waals surface area (Å²) in [5.74, 6) is 0.101. The van der Waals surface area contributed by atoms with E-state index in [9.17, 15) is 4.79 Å². The summed E-state index contributed by atoms with van der Waals surface area (Å²) in [7, 11) is 1.72. The van der Waals surface area contributed by atoms with E-state index in [2.05, 4.69) is 10.1 Å². The Morgan fingerprint density at radius 2 is 2.21 bits per heavy atom. The Morgan fingerprint density at radius 3 is 2.84 bits per heavy atom. The smallest absolute Gasteiger partial charge is 0.378 e. The van der Waals surface area contributed by atoms with Gasteiger partial charge in [0, 0.05) is 17.6 Å². The maximum absolute atomic E-state index is 11.6. The highest BCUT2D eigenvalue weighted by atomic mass is 35.5. The molecule has 0 atom stereocenters. The zero-order valence-electron chi connectivity index (χ0n) is 11.0. The second-order valence-corrected chi connectivity index (χ2v) is 4.47. The molecule has 0 saturated heterocycles. The van der Waals surface area contributed by atoms with Gasteiger partial charge >= 0.3 is 5.97 Å². The number of hydrogen-bond acceptors (Lipinski definition) is 4. The molecule has 19 heavy (non-hydrogen) atoms. The summed E-state index contributed by atoms with van der Waals surface area (Å²) in [5, 5.41) is 4.70. The molecule has 5 nitrogen and oxygen atoms in total. The van der Waals surface area contributed by atoms with Crippen molar-refractivity contribution >= 4 is 17.6 Å². The first-order valence-corrected chi connectivity index (χ1v) is 6.25. The van der Waals surface area contributed by atoms with Gasteiger partial charge in [-0.1, -0.05) is 23.7 Å². The molecule has 0 spiro atoms. The third-order valence-corrected chi connectivity index (χ3v) is 3.06. The van der Waals surface area contributed by atoms with Crippen molar-refractivity contribution in [2.75, 3.05) is 6.61 Å². The highest BCUT2D eigenvalue weighted by molar-refractivity contribution is 6.31. The number of aryl methyl sites for hydroxylation is 2. The molecular formula is C13H14ClN3O2. The zero-order chi connectivity index (χ0) is 14.0. The first-order valence-electron chi connectivity index (χ1n) is 5.87. The van der Waals surface area contributed by atoms with E-state index in [4.69, 9.17) is 16.3 Å². The maximum Gasteiger partial charge on any atom is 0.378 e. The summed E-state index contributed by atoms with van der Waals surface area (Å²) in [6.07, 6.45) is 0. The van der Waals surface area contributed by atoms with E-state index in [1.165, 1.54) is 4.68 Å². The molecule has 0 bridgehead atoms. The van der Waals surface area contributed by atoms with Crippen LogP contribution in [0.15, 0.2) is 18.2 Å². The van der Waals surface area contributed by atoms with E-state index in [-0.39, 0.29) is 5.82 Å². The molecule has 0 unspecified atom stereocenters. The fourth-order valence-corrected chi connectivity index (χ4v) is 1.83. The third kappa shape index (κ3) is 2.76. The number of nitrogens with zero attached hydrogens (tertiary/aromatic N) is 3. The van der Waals surface area contributed by atoms with Gasteiger partial charge in [-0.05, 0) is 25.5 Å². The van der Waals surface area contributed by atoms with Gasteiger partial charge in [-0.3, -0.25) is 0 Å². The van der Waals surface area contributed by atoms with Crippen LogP contribution in [0.1, 0.15) is 23.1 Å². The Morgan fingerprint density at radius 1 is 1.47 bits per heavy atom. The van der Waals surface area contributed by atoms with E-state index in [0.29, 0.717) is 17.5 Å². The van der Waals surface area contributed by atoms with Crippen molar-refractivity contribution in [3.05, 3.63) is 34.6 Å². The molecule has 0 saturated carbocycles. The molecule has 0 amide bonds. The number of rotatable bonds is 3. The lowest BCUT2D eigenvalue weighted by Gasteiger charge is -2.02. The van der Waals surface area contributed by atoms with Gasteiger partial charge in [-0.2, -0.15) is 0 Å². The van der Waals surface area contributed by atoms with Crippen LogP contribution < -0.4 is 0 Å². The highest BCUT2D eigenvalue weighted by Crippen LogP contribution is 2.23. The Labute approximate surface area is 116 Å². The van der Waals surface area contributed by atoms with E-state index in [1.807, 2.05) is 19.1 Å². The first-order chi connectivity index (χ1) is 9.02. The predicted octanol–water partition coefficient (Wildman–Crippen LogP) is 2.62. The second kappa shape index (κ2) is 5.40. The van der Waals surface area contributed by atoms with Gasteiger partial charge in [0.25, 0.3) is 5.82 Å². The van der Waals surface area contributed by atoms with Gasteiger partial charge in [0.2, 0.25) is 0 Å². The number of hydrogen-bond donors (Lipinski definition) is 0. The number of ether oxygens (including phenoxy) is 1. The Kier molecular flexibility index (Phi) is 3.85. The van der Waals surface area contributed by atoms with Crippen LogP contribution in [0, 0.1) is 6.92 Å². The lowest BCUT2D eigenvalue weighted by molar-refractivity contribution is 0.0512. The molecule has 1 heterocycles. The topological polar surface area (TPSA) is 57.0 Å². The molecule has 0 aliphatic carbocycles. The minimum atomic E-state index is -0.525. The average molecular weight is 280 g/mol. The lowest BCUT2D eigenvalue weighted by Crippen LogP contribution is -2.07. The Hall–Kier alpha value is -1.88. The largest absolute Gasteiger partial charge is 0.460 e. The van der Waals surface area contributed by atoms with Crippen LogP contribution in [0.4, 0.5) is 0 Å². The minimum Gasteiger partial charge on any atom is -0.460 e. The summed E-state index contributed by atoms with van der Waals surface area (Å²) in [6.45, 7) is 3.96. The summed E-state index contributed by atoms with van der Waals surface area (Å²) in [4.78, 5) is 15.8. The van der Waals surface area contributed by atoms with Crippen LogP contribution in [0.25, 0.3) is 11.4 Å². The van der Waals surface area contributed by atoms with Crippen LogP contribution in [-0.4, -0.2) is 27.3 Å². The van der Waals surface area contributed by atoms with Crippen LogP contribution in [0.2, 0.25) is 5.02 Å². The van der Waals surface area contributed by atoms with Gasteiger partial charge in [0.05, 0.1) is 6.61 Å². The molecular weight excluding hydrogens is 266 g/mol. The molecule has 0 aliphatic rings. The quantitative estimate of drug-likeness (QED) is 0.811. The standard InChI is InChI=1S/C13H14ClN3O2/c1-4-19-13(18)11-15-12(17(3)16-11)9-6-5-8(2)10(14)7-9/h5-7H,4H2,1-3H3. The first kappa shape index (κ1) is 13.5. The SMILES string of the molecule is CCOC(=O)c1nc(-c2ccc(C)c(Cl)c2)n(C)n1. The highest BCUT2D eigenvalue weighted by Gasteiger charge is 2.17. The van der Waals surface area contributed by atoms with Gasteiger partial charge in [-0.25, -0.2) is 14.5 Å². The van der Waals surface area contributed by atoms with E-state index >= 15 is 0 Å². The lowest BCUT2D eigenvalue weighted by atomic mass is 10.1. The van der Waals surface area contributed by atoms with Gasteiger partial charge < -0.3 is 4.74 Å². The van der Waals surface area contributed by atoms with Crippen LogP contribution in [-0.2, 0) is 11.8 Å². The summed E-state index contributed by atoms with van der Waals surface area (Å²) in [6, 6.07) is 5.59. The monoisotopic (exact) mass is 279 g/mol. The van der Waals surface area contributed by atoms with Crippen LogP contribution in [0.3, 0.4) is 0 Å². The fourth-order valence-electron chi connectivity index (χ4n) is 1.65. The molecule has 0 N–H and O–H groups in total. The molecule has 6 heteroatoms. The van der Waals surface area contributed by atoms with Crippen molar-refractivity contribution in [2.45, 2.75) is 13.8 Å². The van der Waals surface area contributed by atoms with Gasteiger partial charge in [-0.15, -0.1) is 5.10 Å². The Balaban J connectivity index is 2.40. The van der Waals surface area contributed by atoms with Crippen molar-refractivity contribution in [3.8, 4) is 11.4 Å². The molecule has 1 aromatic heterocycles. The van der Waals surface area contributed by atoms with Crippen molar-refractivity contribution in [1.29, 1.82) is 0 Å². The number of benzene rings is 1. The van der Waals surface area contributed by atoms with Crippen LogP contribution >= 0.6 is 11.6 Å². The summed E-state index contributed by atoms with van der Waals surface area (Å²) in [5.41, 5.74) is 1.79. The normalized spacial score (nSPS) is 10.5. The fraction of sp³-hybridized carbons (Fsp3) is 0.308. The molecule has 2 aromatic rings. The summed E-state index contributed by atoms with van der Waals surface area (Å²) >= 11 is 6.09. The van der Waals surface area contributed by atoms with E-state index in [1.54, 1.807) is 20.0 Å². The number of halogens is 1. The molecule has 0 aliphatic heterocycles. The zero-order valence-corrected chi connectivity index (χ0v) is 11.7. The third-order valence-electron chi connectivity index (χ3n) is 2.65. The Bertz CT molecular complexity index is 622. The van der Waals surface area contributed by atoms with Gasteiger partial charge in [0.1, 0.15) is 0 Å². The number of carbonyl (C=O) groups is 1. The van der Waals surface area contributed by atoms with Gasteiger partial charge in [0.15, 0.2) is 5.82 Å². The van der Waals surface area contributed by atoms with Crippen molar-refractivity contribution in [3.63, 3.8) is 0 Å². The van der Waals surface area contributed by atoms with Crippen molar-refractivity contribution < 1.29 is 9.53 Å². The number of esters is 1.